The van der Waals surface area contributed by atoms with E-state index < -0.39 is 0 Å². The fourth-order valence-electron chi connectivity index (χ4n) is 1.58. The zero-order chi connectivity index (χ0) is 13.3. The van der Waals surface area contributed by atoms with Gasteiger partial charge in [0, 0.05) is 6.92 Å². The molecule has 0 aliphatic carbocycles. The quantitative estimate of drug-likeness (QED) is 0.866. The zero-order valence-corrected chi connectivity index (χ0v) is 11.8. The number of carbonyl (C=O) groups excluding carboxylic acids is 1. The first kappa shape index (κ1) is 12.8. The Bertz CT molecular complexity index is 607. The smallest absolute Gasteiger partial charge is 0.293 e. The minimum atomic E-state index is -0.319. The van der Waals surface area contributed by atoms with Gasteiger partial charge >= 0.3 is 0 Å². The highest BCUT2D eigenvalue weighted by Gasteiger charge is 2.16. The Labute approximate surface area is 113 Å². The van der Waals surface area contributed by atoms with Crippen molar-refractivity contribution in [3.05, 3.63) is 39.8 Å². The van der Waals surface area contributed by atoms with Gasteiger partial charge in [0.05, 0.1) is 17.1 Å². The van der Waals surface area contributed by atoms with E-state index in [1.165, 1.54) is 0 Å². The van der Waals surface area contributed by atoms with Crippen molar-refractivity contribution < 1.29 is 9.21 Å². The minimum absolute atomic E-state index is 0.231. The molecule has 2 aromatic heterocycles. The third-order valence-electron chi connectivity index (χ3n) is 2.41. The van der Waals surface area contributed by atoms with Crippen molar-refractivity contribution >= 4 is 27.5 Å². The van der Waals surface area contributed by atoms with E-state index in [2.05, 4.69) is 31.2 Å². The van der Waals surface area contributed by atoms with Crippen LogP contribution in [0.1, 0.15) is 27.8 Å². The Hall–Kier alpha value is -1.69. The SMILES string of the molecule is Cc1nc(C)c(C(=O)Nc2ccc(Br)nc2C)o1. The maximum Gasteiger partial charge on any atom is 0.293 e. The molecule has 0 aromatic carbocycles. The molecule has 2 heterocycles. The van der Waals surface area contributed by atoms with Gasteiger partial charge in [-0.3, -0.25) is 4.79 Å². The van der Waals surface area contributed by atoms with Crippen molar-refractivity contribution in [3.8, 4) is 0 Å². The van der Waals surface area contributed by atoms with Gasteiger partial charge in [-0.2, -0.15) is 0 Å². The van der Waals surface area contributed by atoms with Gasteiger partial charge in [-0.15, -0.1) is 0 Å². The monoisotopic (exact) mass is 309 g/mol. The van der Waals surface area contributed by atoms with E-state index in [-0.39, 0.29) is 11.7 Å². The number of nitrogens with zero attached hydrogens (tertiary/aromatic N) is 2. The molecule has 94 valence electrons. The third kappa shape index (κ3) is 2.59. The lowest BCUT2D eigenvalue weighted by Gasteiger charge is -2.06. The average Bonchev–Trinajstić information content (AvgIpc) is 2.62. The number of hydrogen-bond acceptors (Lipinski definition) is 4. The molecule has 1 N–H and O–H groups in total. The van der Waals surface area contributed by atoms with Crippen molar-refractivity contribution in [1.29, 1.82) is 0 Å². The fraction of sp³-hybridized carbons (Fsp3) is 0.250. The van der Waals surface area contributed by atoms with Gasteiger partial charge in [-0.05, 0) is 41.9 Å². The first-order valence-corrected chi connectivity index (χ1v) is 6.15. The lowest BCUT2D eigenvalue weighted by molar-refractivity contribution is 0.0994. The summed E-state index contributed by atoms with van der Waals surface area (Å²) in [6.07, 6.45) is 0. The molecule has 0 radical (unpaired) electrons. The molecule has 6 heteroatoms. The molecule has 0 spiro atoms. The van der Waals surface area contributed by atoms with Crippen LogP contribution in [-0.4, -0.2) is 15.9 Å². The summed E-state index contributed by atoms with van der Waals surface area (Å²) in [5, 5.41) is 2.75. The molecule has 1 amide bonds. The fourth-order valence-corrected chi connectivity index (χ4v) is 1.98. The summed E-state index contributed by atoms with van der Waals surface area (Å²) in [6, 6.07) is 3.55. The number of rotatable bonds is 2. The van der Waals surface area contributed by atoms with Crippen molar-refractivity contribution in [3.63, 3.8) is 0 Å². The van der Waals surface area contributed by atoms with Crippen LogP contribution in [0, 0.1) is 20.8 Å². The Balaban J connectivity index is 2.24. The second-order valence-electron chi connectivity index (χ2n) is 3.87. The largest absolute Gasteiger partial charge is 0.436 e. The summed E-state index contributed by atoms with van der Waals surface area (Å²) < 4.78 is 5.99. The van der Waals surface area contributed by atoms with Gasteiger partial charge in [0.25, 0.3) is 5.91 Å². The number of anilines is 1. The van der Waals surface area contributed by atoms with Crippen molar-refractivity contribution in [2.75, 3.05) is 5.32 Å². The molecule has 2 rings (SSSR count). The van der Waals surface area contributed by atoms with Crippen LogP contribution < -0.4 is 5.32 Å². The van der Waals surface area contributed by atoms with Crippen LogP contribution >= 0.6 is 15.9 Å². The standard InChI is InChI=1S/C12H12BrN3O2/c1-6-9(4-5-10(13)15-6)16-12(17)11-7(2)14-8(3)18-11/h4-5H,1-3H3,(H,16,17). The molecular weight excluding hydrogens is 298 g/mol. The summed E-state index contributed by atoms with van der Waals surface area (Å²) in [5.41, 5.74) is 1.95. The molecule has 18 heavy (non-hydrogen) atoms. The van der Waals surface area contributed by atoms with Gasteiger partial charge in [0.2, 0.25) is 5.76 Å². The molecule has 0 aliphatic rings. The first-order chi connectivity index (χ1) is 8.47. The number of hydrogen-bond donors (Lipinski definition) is 1. The van der Waals surface area contributed by atoms with Crippen molar-refractivity contribution in [2.24, 2.45) is 0 Å². The number of halogens is 1. The molecule has 0 saturated carbocycles. The zero-order valence-electron chi connectivity index (χ0n) is 10.2. The summed E-state index contributed by atoms with van der Waals surface area (Å²) >= 11 is 3.27. The normalized spacial score (nSPS) is 10.4. The number of pyridine rings is 1. The maximum absolute atomic E-state index is 12.0. The summed E-state index contributed by atoms with van der Waals surface area (Å²) in [7, 11) is 0. The lowest BCUT2D eigenvalue weighted by Crippen LogP contribution is -2.13. The molecule has 0 atom stereocenters. The molecule has 0 bridgehead atoms. The van der Waals surface area contributed by atoms with Gasteiger partial charge in [-0.25, -0.2) is 9.97 Å². The minimum Gasteiger partial charge on any atom is -0.436 e. The van der Waals surface area contributed by atoms with Gasteiger partial charge in [-0.1, -0.05) is 0 Å². The van der Waals surface area contributed by atoms with Gasteiger partial charge < -0.3 is 9.73 Å². The summed E-state index contributed by atoms with van der Waals surface area (Å²) in [4.78, 5) is 20.3. The van der Waals surface area contributed by atoms with Crippen LogP contribution in [0.2, 0.25) is 0 Å². The number of oxazole rings is 1. The number of carbonyl (C=O) groups is 1. The number of amides is 1. The Morgan fingerprint density at radius 2 is 1.94 bits per heavy atom. The predicted octanol–water partition coefficient (Wildman–Crippen LogP) is 3.01. The number of nitrogens with one attached hydrogen (secondary N) is 1. The van der Waals surface area contributed by atoms with E-state index >= 15 is 0 Å². The van der Waals surface area contributed by atoms with Crippen LogP contribution in [0.15, 0.2) is 21.2 Å². The van der Waals surface area contributed by atoms with E-state index in [9.17, 15) is 4.79 Å². The van der Waals surface area contributed by atoms with E-state index in [4.69, 9.17) is 4.42 Å². The number of aromatic nitrogens is 2. The Morgan fingerprint density at radius 3 is 2.50 bits per heavy atom. The topological polar surface area (TPSA) is 68.0 Å². The highest BCUT2D eigenvalue weighted by atomic mass is 79.9. The average molecular weight is 310 g/mol. The van der Waals surface area contributed by atoms with Crippen LogP contribution in [-0.2, 0) is 0 Å². The van der Waals surface area contributed by atoms with E-state index in [1.807, 2.05) is 6.92 Å². The molecule has 0 saturated heterocycles. The molecule has 0 fully saturated rings. The molecular formula is C12H12BrN3O2. The van der Waals surface area contributed by atoms with Crippen LogP contribution in [0.4, 0.5) is 5.69 Å². The van der Waals surface area contributed by atoms with E-state index in [1.54, 1.807) is 26.0 Å². The second-order valence-corrected chi connectivity index (χ2v) is 4.68. The number of aryl methyl sites for hydroxylation is 3. The predicted molar refractivity (Wildman–Crippen MR) is 70.6 cm³/mol. The summed E-state index contributed by atoms with van der Waals surface area (Å²) in [6.45, 7) is 5.26. The molecule has 5 nitrogen and oxygen atoms in total. The molecule has 0 unspecified atom stereocenters. The van der Waals surface area contributed by atoms with Crippen LogP contribution in [0.25, 0.3) is 0 Å². The van der Waals surface area contributed by atoms with Gasteiger partial charge in [0.15, 0.2) is 5.89 Å². The molecule has 0 aliphatic heterocycles. The van der Waals surface area contributed by atoms with Crippen molar-refractivity contribution in [1.82, 2.24) is 9.97 Å². The molecule has 2 aromatic rings. The highest BCUT2D eigenvalue weighted by molar-refractivity contribution is 9.10. The highest BCUT2D eigenvalue weighted by Crippen LogP contribution is 2.18. The van der Waals surface area contributed by atoms with Gasteiger partial charge in [0.1, 0.15) is 4.60 Å². The Morgan fingerprint density at radius 1 is 1.22 bits per heavy atom. The lowest BCUT2D eigenvalue weighted by atomic mass is 10.3. The van der Waals surface area contributed by atoms with Crippen LogP contribution in [0.5, 0.6) is 0 Å². The third-order valence-corrected chi connectivity index (χ3v) is 2.85. The first-order valence-electron chi connectivity index (χ1n) is 5.36. The van der Waals surface area contributed by atoms with Crippen molar-refractivity contribution in [2.45, 2.75) is 20.8 Å². The summed E-state index contributed by atoms with van der Waals surface area (Å²) in [5.74, 6) is 0.387. The second kappa shape index (κ2) is 4.89. The van der Waals surface area contributed by atoms with E-state index in [0.29, 0.717) is 17.3 Å². The van der Waals surface area contributed by atoms with Crippen LogP contribution in [0.3, 0.4) is 0 Å². The Kier molecular flexibility index (Phi) is 3.47. The van der Waals surface area contributed by atoms with E-state index in [0.717, 1.165) is 10.3 Å². The maximum atomic E-state index is 12.0.